The fourth-order valence-electron chi connectivity index (χ4n) is 2.00. The summed E-state index contributed by atoms with van der Waals surface area (Å²) in [6, 6.07) is 8.03. The molecule has 3 N–H and O–H groups in total. The molecule has 21 heavy (non-hydrogen) atoms. The summed E-state index contributed by atoms with van der Waals surface area (Å²) in [6.07, 6.45) is 0. The highest BCUT2D eigenvalue weighted by atomic mass is 32.1. The second-order valence-corrected chi connectivity index (χ2v) is 5.85. The molecule has 1 aromatic carbocycles. The highest BCUT2D eigenvalue weighted by Gasteiger charge is 2.20. The summed E-state index contributed by atoms with van der Waals surface area (Å²) in [5, 5.41) is 3.76. The Morgan fingerprint density at radius 2 is 2.14 bits per heavy atom. The van der Waals surface area contributed by atoms with Crippen molar-refractivity contribution in [2.24, 2.45) is 0 Å². The van der Waals surface area contributed by atoms with Crippen molar-refractivity contribution < 1.29 is 4.79 Å². The van der Waals surface area contributed by atoms with Crippen LogP contribution in [0.3, 0.4) is 0 Å². The average molecular weight is 304 g/mol. The smallest absolute Gasteiger partial charge is 0.267 e. The number of nitrogens with zero attached hydrogens (tertiary/aromatic N) is 2. The SMILES string of the molecule is CCNc1nc(N)c(C(=O)N(C)Cc2ccccc2C)s1. The van der Waals surface area contributed by atoms with Crippen molar-refractivity contribution >= 4 is 28.2 Å². The molecular formula is C15H20N4OS. The molecule has 6 heteroatoms. The molecule has 2 rings (SSSR count). The average Bonchev–Trinajstić information content (AvgIpc) is 2.81. The van der Waals surface area contributed by atoms with E-state index in [0.717, 1.165) is 12.1 Å². The lowest BCUT2D eigenvalue weighted by atomic mass is 10.1. The van der Waals surface area contributed by atoms with E-state index in [1.807, 2.05) is 38.1 Å². The second kappa shape index (κ2) is 6.58. The summed E-state index contributed by atoms with van der Waals surface area (Å²) in [7, 11) is 1.78. The van der Waals surface area contributed by atoms with Crippen LogP contribution in [0.4, 0.5) is 10.9 Å². The molecule has 0 aliphatic rings. The first-order valence-corrected chi connectivity index (χ1v) is 7.64. The Labute approximate surface area is 128 Å². The first-order valence-electron chi connectivity index (χ1n) is 6.83. The fraction of sp³-hybridized carbons (Fsp3) is 0.333. The predicted octanol–water partition coefficient (Wildman–Crippen LogP) is 2.74. The molecule has 0 radical (unpaired) electrons. The van der Waals surface area contributed by atoms with Crippen LogP contribution in [-0.2, 0) is 6.54 Å². The van der Waals surface area contributed by atoms with Crippen LogP contribution < -0.4 is 11.1 Å². The van der Waals surface area contributed by atoms with Crippen LogP contribution in [0.15, 0.2) is 24.3 Å². The van der Waals surface area contributed by atoms with Gasteiger partial charge in [-0.15, -0.1) is 0 Å². The van der Waals surface area contributed by atoms with Gasteiger partial charge in [0.15, 0.2) is 5.13 Å². The maximum absolute atomic E-state index is 12.5. The van der Waals surface area contributed by atoms with E-state index in [1.54, 1.807) is 11.9 Å². The van der Waals surface area contributed by atoms with E-state index in [9.17, 15) is 4.79 Å². The maximum atomic E-state index is 12.5. The van der Waals surface area contributed by atoms with Crippen molar-refractivity contribution in [3.8, 4) is 0 Å². The Kier molecular flexibility index (Phi) is 4.80. The van der Waals surface area contributed by atoms with Crippen LogP contribution in [0.5, 0.6) is 0 Å². The molecule has 0 bridgehead atoms. The Morgan fingerprint density at radius 1 is 1.43 bits per heavy atom. The first kappa shape index (κ1) is 15.3. The van der Waals surface area contributed by atoms with E-state index in [4.69, 9.17) is 5.73 Å². The van der Waals surface area contributed by atoms with Gasteiger partial charge in [-0.05, 0) is 25.0 Å². The van der Waals surface area contributed by atoms with Crippen LogP contribution >= 0.6 is 11.3 Å². The van der Waals surface area contributed by atoms with Gasteiger partial charge in [-0.1, -0.05) is 35.6 Å². The van der Waals surface area contributed by atoms with Crippen LogP contribution in [-0.4, -0.2) is 29.4 Å². The number of hydrogen-bond donors (Lipinski definition) is 2. The van der Waals surface area contributed by atoms with Crippen molar-refractivity contribution in [1.82, 2.24) is 9.88 Å². The Bertz CT molecular complexity index is 638. The molecule has 1 amide bonds. The van der Waals surface area contributed by atoms with Crippen molar-refractivity contribution in [3.63, 3.8) is 0 Å². The van der Waals surface area contributed by atoms with E-state index < -0.39 is 0 Å². The van der Waals surface area contributed by atoms with E-state index in [-0.39, 0.29) is 11.7 Å². The van der Waals surface area contributed by atoms with E-state index in [1.165, 1.54) is 16.9 Å². The lowest BCUT2D eigenvalue weighted by Crippen LogP contribution is -2.26. The standard InChI is InChI=1S/C15H20N4OS/c1-4-17-15-18-13(16)12(21-15)14(20)19(3)9-11-8-6-5-7-10(11)2/h5-8H,4,9,16H2,1-3H3,(H,17,18). The molecule has 0 spiro atoms. The van der Waals surface area contributed by atoms with Crippen molar-refractivity contribution in [2.45, 2.75) is 20.4 Å². The highest BCUT2D eigenvalue weighted by Crippen LogP contribution is 2.26. The van der Waals surface area contributed by atoms with Gasteiger partial charge < -0.3 is 16.0 Å². The van der Waals surface area contributed by atoms with Crippen molar-refractivity contribution in [2.75, 3.05) is 24.6 Å². The number of benzene rings is 1. The second-order valence-electron chi connectivity index (χ2n) is 4.85. The third kappa shape index (κ3) is 3.52. The predicted molar refractivity (Wildman–Crippen MR) is 87.7 cm³/mol. The molecule has 1 aromatic heterocycles. The van der Waals surface area contributed by atoms with Gasteiger partial charge in [0.25, 0.3) is 5.91 Å². The van der Waals surface area contributed by atoms with Gasteiger partial charge in [0, 0.05) is 20.1 Å². The Hall–Kier alpha value is -2.08. The number of anilines is 2. The normalized spacial score (nSPS) is 10.4. The first-order chi connectivity index (χ1) is 10.0. The number of carbonyl (C=O) groups is 1. The monoisotopic (exact) mass is 304 g/mol. The Balaban J connectivity index is 2.14. The molecule has 0 unspecified atom stereocenters. The van der Waals surface area contributed by atoms with Gasteiger partial charge in [0.1, 0.15) is 10.7 Å². The minimum absolute atomic E-state index is 0.0996. The van der Waals surface area contributed by atoms with Crippen molar-refractivity contribution in [1.29, 1.82) is 0 Å². The summed E-state index contributed by atoms with van der Waals surface area (Å²) in [6.45, 7) is 5.32. The van der Waals surface area contributed by atoms with Gasteiger partial charge in [-0.3, -0.25) is 4.79 Å². The van der Waals surface area contributed by atoms with Gasteiger partial charge in [0.2, 0.25) is 0 Å². The van der Waals surface area contributed by atoms with Crippen molar-refractivity contribution in [3.05, 3.63) is 40.3 Å². The third-order valence-corrected chi connectivity index (χ3v) is 4.21. The zero-order chi connectivity index (χ0) is 15.4. The van der Waals surface area contributed by atoms with E-state index in [0.29, 0.717) is 16.6 Å². The van der Waals surface area contributed by atoms with Crippen LogP contribution in [0.25, 0.3) is 0 Å². The number of thiazole rings is 1. The molecular weight excluding hydrogens is 284 g/mol. The molecule has 0 aliphatic heterocycles. The quantitative estimate of drug-likeness (QED) is 0.891. The molecule has 112 valence electrons. The van der Waals surface area contributed by atoms with Crippen LogP contribution in [0, 0.1) is 6.92 Å². The number of nitrogens with two attached hydrogens (primary N) is 1. The topological polar surface area (TPSA) is 71.2 Å². The molecule has 0 atom stereocenters. The lowest BCUT2D eigenvalue weighted by molar-refractivity contribution is 0.0790. The van der Waals surface area contributed by atoms with Gasteiger partial charge in [-0.25, -0.2) is 4.98 Å². The van der Waals surface area contributed by atoms with Gasteiger partial charge in [-0.2, -0.15) is 0 Å². The summed E-state index contributed by atoms with van der Waals surface area (Å²) in [5.74, 6) is 0.190. The lowest BCUT2D eigenvalue weighted by Gasteiger charge is -2.17. The molecule has 1 heterocycles. The number of aromatic nitrogens is 1. The number of hydrogen-bond acceptors (Lipinski definition) is 5. The zero-order valence-electron chi connectivity index (χ0n) is 12.5. The third-order valence-electron chi connectivity index (χ3n) is 3.19. The minimum Gasteiger partial charge on any atom is -0.382 e. The highest BCUT2D eigenvalue weighted by molar-refractivity contribution is 7.18. The molecule has 2 aromatic rings. The van der Waals surface area contributed by atoms with E-state index >= 15 is 0 Å². The number of amides is 1. The number of nitrogens with one attached hydrogen (secondary N) is 1. The molecule has 0 fully saturated rings. The molecule has 0 saturated heterocycles. The van der Waals surface area contributed by atoms with Gasteiger partial charge in [0.05, 0.1) is 0 Å². The molecule has 5 nitrogen and oxygen atoms in total. The van der Waals surface area contributed by atoms with Gasteiger partial charge >= 0.3 is 0 Å². The summed E-state index contributed by atoms with van der Waals surface area (Å²) in [5.41, 5.74) is 8.14. The molecule has 0 saturated carbocycles. The van der Waals surface area contributed by atoms with Crippen LogP contribution in [0.1, 0.15) is 27.7 Å². The minimum atomic E-state index is -0.0996. The fourth-order valence-corrected chi connectivity index (χ4v) is 2.95. The summed E-state index contributed by atoms with van der Waals surface area (Å²) in [4.78, 5) is 18.8. The maximum Gasteiger partial charge on any atom is 0.267 e. The zero-order valence-corrected chi connectivity index (χ0v) is 13.3. The van der Waals surface area contributed by atoms with E-state index in [2.05, 4.69) is 10.3 Å². The Morgan fingerprint density at radius 3 is 2.81 bits per heavy atom. The summed E-state index contributed by atoms with van der Waals surface area (Å²) >= 11 is 1.30. The molecule has 0 aliphatic carbocycles. The van der Waals surface area contributed by atoms with Crippen LogP contribution in [0.2, 0.25) is 0 Å². The number of nitrogen functional groups attached to an aromatic ring is 1. The largest absolute Gasteiger partial charge is 0.382 e. The number of aryl methyl sites for hydroxylation is 1. The number of rotatable bonds is 5. The number of carbonyl (C=O) groups excluding carboxylic acids is 1. The summed E-state index contributed by atoms with van der Waals surface area (Å²) < 4.78 is 0.